The third kappa shape index (κ3) is 3.22. The molecule has 2 heterocycles. The summed E-state index contributed by atoms with van der Waals surface area (Å²) in [6, 6.07) is 7.13. The number of hydrogen-bond donors (Lipinski definition) is 1. The number of rotatable bonds is 6. The van der Waals surface area contributed by atoms with Crippen molar-refractivity contribution in [2.45, 2.75) is 32.7 Å². The van der Waals surface area contributed by atoms with E-state index < -0.39 is 6.04 Å². The first-order chi connectivity index (χ1) is 12.2. The van der Waals surface area contributed by atoms with E-state index in [0.717, 1.165) is 18.4 Å². The molecule has 0 unspecified atom stereocenters. The van der Waals surface area contributed by atoms with E-state index in [1.54, 1.807) is 11.8 Å². The number of carbonyl (C=O) groups is 1. The number of benzene rings is 1. The van der Waals surface area contributed by atoms with Crippen LogP contribution in [0.1, 0.15) is 38.3 Å². The van der Waals surface area contributed by atoms with Crippen LogP contribution in [0.2, 0.25) is 0 Å². The van der Waals surface area contributed by atoms with Crippen molar-refractivity contribution in [2.24, 2.45) is 0 Å². The van der Waals surface area contributed by atoms with Crippen LogP contribution < -0.4 is 10.1 Å². The molecule has 1 aliphatic heterocycles. The van der Waals surface area contributed by atoms with Crippen molar-refractivity contribution in [3.05, 3.63) is 47.4 Å². The van der Waals surface area contributed by atoms with Crippen LogP contribution in [0.5, 0.6) is 5.75 Å². The Hall–Kier alpha value is -2.83. The van der Waals surface area contributed by atoms with E-state index in [-0.39, 0.29) is 5.97 Å². The molecule has 0 radical (unpaired) electrons. The zero-order valence-corrected chi connectivity index (χ0v) is 14.7. The van der Waals surface area contributed by atoms with E-state index in [2.05, 4.69) is 22.3 Å². The second-order valence-corrected chi connectivity index (χ2v) is 5.83. The smallest absolute Gasteiger partial charge is 0.338 e. The summed E-state index contributed by atoms with van der Waals surface area (Å²) in [5, 5.41) is 7.42. The van der Waals surface area contributed by atoms with Crippen LogP contribution in [-0.4, -0.2) is 34.5 Å². The van der Waals surface area contributed by atoms with Gasteiger partial charge in [0.1, 0.15) is 18.1 Å². The lowest BCUT2D eigenvalue weighted by Crippen LogP contribution is -2.30. The van der Waals surface area contributed by atoms with Gasteiger partial charge in [-0.15, -0.1) is 0 Å². The van der Waals surface area contributed by atoms with Gasteiger partial charge in [0.2, 0.25) is 5.95 Å². The SMILES string of the molecule is CCCCOC(=O)C1=C(C)Nc2ncnn2[C@@H]1c1ccccc1OC. The van der Waals surface area contributed by atoms with Crippen molar-refractivity contribution in [1.82, 2.24) is 14.8 Å². The van der Waals surface area contributed by atoms with Crippen molar-refractivity contribution in [2.75, 3.05) is 19.0 Å². The van der Waals surface area contributed by atoms with Gasteiger partial charge < -0.3 is 14.8 Å². The minimum absolute atomic E-state index is 0.351. The highest BCUT2D eigenvalue weighted by molar-refractivity contribution is 5.92. The Morgan fingerprint density at radius 1 is 1.36 bits per heavy atom. The lowest BCUT2D eigenvalue weighted by atomic mass is 9.95. The van der Waals surface area contributed by atoms with Crippen LogP contribution in [0.4, 0.5) is 5.95 Å². The van der Waals surface area contributed by atoms with Gasteiger partial charge >= 0.3 is 5.97 Å². The van der Waals surface area contributed by atoms with Crippen LogP contribution in [0.15, 0.2) is 41.9 Å². The molecular formula is C18H22N4O3. The Labute approximate surface area is 146 Å². The van der Waals surface area contributed by atoms with E-state index >= 15 is 0 Å². The number of carbonyl (C=O) groups excluding carboxylic acids is 1. The number of esters is 1. The van der Waals surface area contributed by atoms with Gasteiger partial charge in [-0.05, 0) is 19.4 Å². The third-order valence-corrected chi connectivity index (χ3v) is 4.18. The van der Waals surface area contributed by atoms with Crippen LogP contribution in [-0.2, 0) is 9.53 Å². The monoisotopic (exact) mass is 342 g/mol. The van der Waals surface area contributed by atoms with Gasteiger partial charge in [0, 0.05) is 11.3 Å². The lowest BCUT2D eigenvalue weighted by molar-refractivity contribution is -0.139. The van der Waals surface area contributed by atoms with Crippen molar-refractivity contribution in [3.8, 4) is 5.75 Å². The number of anilines is 1. The number of fused-ring (bicyclic) bond motifs is 1. The molecule has 7 nitrogen and oxygen atoms in total. The van der Waals surface area contributed by atoms with Gasteiger partial charge in [-0.3, -0.25) is 0 Å². The molecule has 25 heavy (non-hydrogen) atoms. The Morgan fingerprint density at radius 2 is 2.16 bits per heavy atom. The molecule has 1 aromatic carbocycles. The highest BCUT2D eigenvalue weighted by Crippen LogP contribution is 2.38. The lowest BCUT2D eigenvalue weighted by Gasteiger charge is -2.29. The molecule has 0 bridgehead atoms. The summed E-state index contributed by atoms with van der Waals surface area (Å²) in [4.78, 5) is 17.0. The van der Waals surface area contributed by atoms with E-state index in [9.17, 15) is 4.79 Å². The van der Waals surface area contributed by atoms with Gasteiger partial charge in [-0.2, -0.15) is 10.1 Å². The largest absolute Gasteiger partial charge is 0.496 e. The molecule has 0 fully saturated rings. The number of ether oxygens (including phenoxy) is 2. The molecule has 0 saturated heterocycles. The molecule has 1 aliphatic rings. The highest BCUT2D eigenvalue weighted by Gasteiger charge is 2.35. The van der Waals surface area contributed by atoms with Gasteiger partial charge in [-0.1, -0.05) is 31.5 Å². The Balaban J connectivity index is 2.06. The molecule has 1 aromatic heterocycles. The number of hydrogen-bond acceptors (Lipinski definition) is 6. The number of nitrogens with one attached hydrogen (secondary N) is 1. The summed E-state index contributed by atoms with van der Waals surface area (Å²) in [6.45, 7) is 4.30. The zero-order chi connectivity index (χ0) is 17.8. The maximum Gasteiger partial charge on any atom is 0.338 e. The summed E-state index contributed by atoms with van der Waals surface area (Å²) >= 11 is 0. The molecule has 0 spiro atoms. The van der Waals surface area contributed by atoms with E-state index in [0.29, 0.717) is 29.6 Å². The normalized spacial score (nSPS) is 16.2. The first-order valence-electron chi connectivity index (χ1n) is 8.34. The maximum atomic E-state index is 12.8. The Morgan fingerprint density at radius 3 is 2.92 bits per heavy atom. The van der Waals surface area contributed by atoms with Gasteiger partial charge in [0.25, 0.3) is 0 Å². The molecule has 0 amide bonds. The molecule has 1 N–H and O–H groups in total. The van der Waals surface area contributed by atoms with E-state index in [4.69, 9.17) is 9.47 Å². The fourth-order valence-electron chi connectivity index (χ4n) is 2.92. The van der Waals surface area contributed by atoms with E-state index in [1.165, 1.54) is 6.33 Å². The topological polar surface area (TPSA) is 78.3 Å². The average Bonchev–Trinajstić information content (AvgIpc) is 3.08. The third-order valence-electron chi connectivity index (χ3n) is 4.18. The van der Waals surface area contributed by atoms with Gasteiger partial charge in [0.05, 0.1) is 19.3 Å². The van der Waals surface area contributed by atoms with Crippen molar-refractivity contribution in [3.63, 3.8) is 0 Å². The number of nitrogens with zero attached hydrogens (tertiary/aromatic N) is 3. The fourth-order valence-corrected chi connectivity index (χ4v) is 2.92. The second-order valence-electron chi connectivity index (χ2n) is 5.83. The number of para-hydroxylation sites is 1. The van der Waals surface area contributed by atoms with Crippen molar-refractivity contribution >= 4 is 11.9 Å². The Kier molecular flexibility index (Phi) is 5.02. The first kappa shape index (κ1) is 17.0. The minimum Gasteiger partial charge on any atom is -0.496 e. The molecule has 1 atom stereocenters. The number of methoxy groups -OCH3 is 1. The summed E-state index contributed by atoms with van der Waals surface area (Å²) in [5.74, 6) is 0.913. The second kappa shape index (κ2) is 7.38. The van der Waals surface area contributed by atoms with Crippen molar-refractivity contribution in [1.29, 1.82) is 0 Å². The number of aromatic nitrogens is 3. The standard InChI is InChI=1S/C18H22N4O3/c1-4-5-10-25-17(23)15-12(2)21-18-19-11-20-22(18)16(15)13-8-6-7-9-14(13)24-3/h6-9,11,16H,4-5,10H2,1-3H3,(H,19,20,21)/t16-/m1/s1. The van der Waals surface area contributed by atoms with E-state index in [1.807, 2.05) is 31.2 Å². The van der Waals surface area contributed by atoms with Crippen LogP contribution in [0.25, 0.3) is 0 Å². The average molecular weight is 342 g/mol. The molecule has 0 aliphatic carbocycles. The molecule has 0 saturated carbocycles. The predicted octanol–water partition coefficient (Wildman–Crippen LogP) is 2.92. The fraction of sp³-hybridized carbons (Fsp3) is 0.389. The summed E-state index contributed by atoms with van der Waals surface area (Å²) in [7, 11) is 1.61. The number of allylic oxidation sites excluding steroid dienone is 1. The molecule has 3 rings (SSSR count). The molecule has 132 valence electrons. The molecule has 2 aromatic rings. The highest BCUT2D eigenvalue weighted by atomic mass is 16.5. The summed E-state index contributed by atoms with van der Waals surface area (Å²) in [6.07, 6.45) is 3.26. The Bertz CT molecular complexity index is 797. The summed E-state index contributed by atoms with van der Waals surface area (Å²) in [5.41, 5.74) is 2.05. The maximum absolute atomic E-state index is 12.8. The molecule has 7 heteroatoms. The van der Waals surface area contributed by atoms with Gasteiger partial charge in [-0.25, -0.2) is 9.48 Å². The quantitative estimate of drug-likeness (QED) is 0.642. The summed E-state index contributed by atoms with van der Waals surface area (Å²) < 4.78 is 12.6. The molecular weight excluding hydrogens is 320 g/mol. The van der Waals surface area contributed by atoms with Crippen LogP contribution in [0, 0.1) is 0 Å². The predicted molar refractivity (Wildman–Crippen MR) is 93.3 cm³/mol. The van der Waals surface area contributed by atoms with Crippen LogP contribution in [0.3, 0.4) is 0 Å². The zero-order valence-electron chi connectivity index (χ0n) is 14.7. The minimum atomic E-state index is -0.455. The number of unbranched alkanes of at least 4 members (excludes halogenated alkanes) is 1. The van der Waals surface area contributed by atoms with Gasteiger partial charge in [0.15, 0.2) is 0 Å². The van der Waals surface area contributed by atoms with Crippen molar-refractivity contribution < 1.29 is 14.3 Å². The first-order valence-corrected chi connectivity index (χ1v) is 8.34. The van der Waals surface area contributed by atoms with Crippen LogP contribution >= 0.6 is 0 Å².